The first-order valence-electron chi connectivity index (χ1n) is 9.30. The molecular weight excluding hydrogens is 418 g/mol. The molecular formula is C21H19N5O2S2. The highest BCUT2D eigenvalue weighted by Gasteiger charge is 2.11. The lowest BCUT2D eigenvalue weighted by molar-refractivity contribution is -0.116. The summed E-state index contributed by atoms with van der Waals surface area (Å²) in [5.74, 6) is 0.822. The molecule has 1 aromatic carbocycles. The third-order valence-corrected chi connectivity index (χ3v) is 5.67. The van der Waals surface area contributed by atoms with Crippen molar-refractivity contribution in [1.82, 2.24) is 20.2 Å². The van der Waals surface area contributed by atoms with Crippen LogP contribution in [0, 0.1) is 13.8 Å². The molecule has 152 valence electrons. The van der Waals surface area contributed by atoms with Gasteiger partial charge in [0.2, 0.25) is 17.7 Å². The summed E-state index contributed by atoms with van der Waals surface area (Å²) in [6, 6.07) is 11.5. The molecule has 1 amide bonds. The van der Waals surface area contributed by atoms with Crippen LogP contribution in [-0.4, -0.2) is 26.1 Å². The predicted octanol–water partition coefficient (Wildman–Crippen LogP) is 4.93. The monoisotopic (exact) mass is 437 g/mol. The Morgan fingerprint density at radius 2 is 1.87 bits per heavy atom. The van der Waals surface area contributed by atoms with Crippen LogP contribution in [0.4, 0.5) is 5.69 Å². The Balaban J connectivity index is 1.29. The van der Waals surface area contributed by atoms with Crippen LogP contribution in [0.3, 0.4) is 0 Å². The van der Waals surface area contributed by atoms with Crippen LogP contribution in [0.2, 0.25) is 0 Å². The first-order chi connectivity index (χ1) is 14.5. The number of hydrogen-bond donors (Lipinski definition) is 1. The molecule has 3 heterocycles. The highest BCUT2D eigenvalue weighted by atomic mass is 32.2. The second-order valence-electron chi connectivity index (χ2n) is 6.62. The van der Waals surface area contributed by atoms with Gasteiger partial charge in [0.25, 0.3) is 0 Å². The van der Waals surface area contributed by atoms with Gasteiger partial charge in [-0.1, -0.05) is 0 Å². The van der Waals surface area contributed by atoms with Crippen LogP contribution < -0.4 is 5.32 Å². The number of anilines is 1. The molecule has 4 aromatic rings. The Hall–Kier alpha value is -3.04. The minimum absolute atomic E-state index is 0.108. The minimum atomic E-state index is -0.108. The fourth-order valence-corrected chi connectivity index (χ4v) is 4.24. The molecule has 30 heavy (non-hydrogen) atoms. The first kappa shape index (κ1) is 20.2. The van der Waals surface area contributed by atoms with Crippen molar-refractivity contribution in [3.8, 4) is 11.5 Å². The topological polar surface area (TPSA) is 93.8 Å². The van der Waals surface area contributed by atoms with Crippen LogP contribution in [0.15, 0.2) is 61.6 Å². The van der Waals surface area contributed by atoms with E-state index >= 15 is 0 Å². The Kier molecular flexibility index (Phi) is 6.20. The maximum atomic E-state index is 12.2. The van der Waals surface area contributed by atoms with E-state index < -0.39 is 0 Å². The van der Waals surface area contributed by atoms with Crippen molar-refractivity contribution in [2.24, 2.45) is 0 Å². The molecule has 7 nitrogen and oxygen atoms in total. The number of carbonyl (C=O) groups is 1. The summed E-state index contributed by atoms with van der Waals surface area (Å²) < 4.78 is 5.61. The number of thiophene rings is 1. The van der Waals surface area contributed by atoms with Gasteiger partial charge in [-0.05, 0) is 67.4 Å². The molecule has 0 saturated heterocycles. The average Bonchev–Trinajstić information content (AvgIpc) is 3.39. The molecule has 0 aliphatic rings. The van der Waals surface area contributed by atoms with E-state index in [1.165, 1.54) is 11.8 Å². The highest BCUT2D eigenvalue weighted by molar-refractivity contribution is 7.99. The van der Waals surface area contributed by atoms with Crippen LogP contribution in [0.25, 0.3) is 11.5 Å². The zero-order valence-corrected chi connectivity index (χ0v) is 18.1. The zero-order valence-electron chi connectivity index (χ0n) is 16.5. The van der Waals surface area contributed by atoms with E-state index in [0.29, 0.717) is 23.4 Å². The molecule has 0 unspecified atom stereocenters. The number of benzene rings is 1. The molecule has 0 spiro atoms. The van der Waals surface area contributed by atoms with E-state index in [0.717, 1.165) is 27.5 Å². The summed E-state index contributed by atoms with van der Waals surface area (Å²) in [6.45, 7) is 3.91. The fraction of sp³-hybridized carbons (Fsp3) is 0.190. The standard InChI is InChI=1S/C21H19N5O2S2/c1-13-11-14(2)23-21(22-13)30-17-5-3-16(4-6-17)24-18(27)7-8-19-25-26-20(28-19)15-9-10-29-12-15/h3-6,9-12H,7-8H2,1-2H3,(H,24,27). The number of aryl methyl sites for hydroxylation is 3. The molecule has 0 atom stereocenters. The van der Waals surface area contributed by atoms with E-state index in [-0.39, 0.29) is 12.3 Å². The smallest absolute Gasteiger partial charge is 0.248 e. The second-order valence-corrected chi connectivity index (χ2v) is 8.44. The summed E-state index contributed by atoms with van der Waals surface area (Å²) in [7, 11) is 0. The average molecular weight is 438 g/mol. The third-order valence-electron chi connectivity index (χ3n) is 4.11. The Bertz CT molecular complexity index is 1120. The first-order valence-corrected chi connectivity index (χ1v) is 11.1. The Morgan fingerprint density at radius 3 is 2.57 bits per heavy atom. The van der Waals surface area contributed by atoms with Crippen molar-refractivity contribution >= 4 is 34.7 Å². The maximum Gasteiger partial charge on any atom is 0.248 e. The summed E-state index contributed by atoms with van der Waals surface area (Å²) >= 11 is 3.06. The van der Waals surface area contributed by atoms with Gasteiger partial charge in [-0.25, -0.2) is 9.97 Å². The van der Waals surface area contributed by atoms with Crippen molar-refractivity contribution < 1.29 is 9.21 Å². The summed E-state index contributed by atoms with van der Waals surface area (Å²) in [5.41, 5.74) is 3.51. The lowest BCUT2D eigenvalue weighted by Crippen LogP contribution is -2.12. The molecule has 0 aliphatic carbocycles. The summed E-state index contributed by atoms with van der Waals surface area (Å²) in [6.07, 6.45) is 0.652. The number of rotatable bonds is 7. The number of carbonyl (C=O) groups excluding carboxylic acids is 1. The van der Waals surface area contributed by atoms with E-state index in [1.54, 1.807) is 11.3 Å². The van der Waals surface area contributed by atoms with E-state index in [2.05, 4.69) is 25.5 Å². The van der Waals surface area contributed by atoms with Gasteiger partial charge < -0.3 is 9.73 Å². The zero-order chi connectivity index (χ0) is 20.9. The third kappa shape index (κ3) is 5.31. The second kappa shape index (κ2) is 9.19. The quantitative estimate of drug-likeness (QED) is 0.410. The van der Waals surface area contributed by atoms with Crippen molar-refractivity contribution in [1.29, 1.82) is 0 Å². The molecule has 0 radical (unpaired) electrons. The summed E-state index contributed by atoms with van der Waals surface area (Å²) in [5, 5.41) is 15.5. The van der Waals surface area contributed by atoms with Gasteiger partial charge in [-0.2, -0.15) is 11.3 Å². The molecule has 0 aliphatic heterocycles. The fourth-order valence-electron chi connectivity index (χ4n) is 2.75. The minimum Gasteiger partial charge on any atom is -0.421 e. The van der Waals surface area contributed by atoms with Gasteiger partial charge in [0, 0.05) is 45.8 Å². The lowest BCUT2D eigenvalue weighted by atomic mass is 10.2. The lowest BCUT2D eigenvalue weighted by Gasteiger charge is -2.06. The molecule has 4 rings (SSSR count). The normalized spacial score (nSPS) is 10.9. The van der Waals surface area contributed by atoms with Gasteiger partial charge in [0.1, 0.15) is 0 Å². The van der Waals surface area contributed by atoms with Gasteiger partial charge in [-0.3, -0.25) is 4.79 Å². The SMILES string of the molecule is Cc1cc(C)nc(Sc2ccc(NC(=O)CCc3nnc(-c4ccsc4)o3)cc2)n1. The van der Waals surface area contributed by atoms with Crippen LogP contribution in [-0.2, 0) is 11.2 Å². The molecule has 0 saturated carbocycles. The summed E-state index contributed by atoms with van der Waals surface area (Å²) in [4.78, 5) is 22.1. The number of nitrogens with zero attached hydrogens (tertiary/aromatic N) is 4. The number of aromatic nitrogens is 4. The molecule has 9 heteroatoms. The van der Waals surface area contributed by atoms with Crippen molar-refractivity contribution in [2.45, 2.75) is 36.7 Å². The van der Waals surface area contributed by atoms with Crippen LogP contribution >= 0.6 is 23.1 Å². The maximum absolute atomic E-state index is 12.2. The highest BCUT2D eigenvalue weighted by Crippen LogP contribution is 2.26. The van der Waals surface area contributed by atoms with Gasteiger partial charge >= 0.3 is 0 Å². The molecule has 0 bridgehead atoms. The van der Waals surface area contributed by atoms with Gasteiger partial charge in [0.05, 0.1) is 0 Å². The van der Waals surface area contributed by atoms with Crippen LogP contribution in [0.5, 0.6) is 0 Å². The van der Waals surface area contributed by atoms with Crippen molar-refractivity contribution in [2.75, 3.05) is 5.32 Å². The van der Waals surface area contributed by atoms with Gasteiger partial charge in [-0.15, -0.1) is 10.2 Å². The van der Waals surface area contributed by atoms with E-state index in [1.807, 2.05) is 61.0 Å². The van der Waals surface area contributed by atoms with Gasteiger partial charge in [0.15, 0.2) is 5.16 Å². The number of nitrogens with one attached hydrogen (secondary N) is 1. The van der Waals surface area contributed by atoms with Crippen LogP contribution in [0.1, 0.15) is 23.7 Å². The Labute approximate surface area is 182 Å². The van der Waals surface area contributed by atoms with E-state index in [9.17, 15) is 4.79 Å². The molecule has 0 fully saturated rings. The number of hydrogen-bond acceptors (Lipinski definition) is 8. The predicted molar refractivity (Wildman–Crippen MR) is 117 cm³/mol. The van der Waals surface area contributed by atoms with Crippen molar-refractivity contribution in [3.05, 3.63) is 64.4 Å². The molecule has 1 N–H and O–H groups in total. The Morgan fingerprint density at radius 1 is 1.10 bits per heavy atom. The largest absolute Gasteiger partial charge is 0.421 e. The number of amides is 1. The van der Waals surface area contributed by atoms with E-state index in [4.69, 9.17) is 4.42 Å². The molecule has 3 aromatic heterocycles. The van der Waals surface area contributed by atoms with Crippen molar-refractivity contribution in [3.63, 3.8) is 0 Å².